The van der Waals surface area contributed by atoms with Gasteiger partial charge in [0, 0.05) is 27.6 Å². The van der Waals surface area contributed by atoms with Crippen molar-refractivity contribution in [3.05, 3.63) is 34.6 Å². The Morgan fingerprint density at radius 1 is 1.38 bits per heavy atom. The number of nitrogens with zero attached hydrogens (tertiary/aromatic N) is 2. The zero-order valence-electron chi connectivity index (χ0n) is 11.9. The fourth-order valence-electron chi connectivity index (χ4n) is 2.47. The molecule has 2 unspecified atom stereocenters. The summed E-state index contributed by atoms with van der Waals surface area (Å²) in [6, 6.07) is 8.37. The van der Waals surface area contributed by atoms with Crippen LogP contribution in [0, 0.1) is 0 Å². The van der Waals surface area contributed by atoms with Crippen molar-refractivity contribution in [3.63, 3.8) is 0 Å². The molecule has 1 aliphatic rings. The lowest BCUT2D eigenvalue weighted by Crippen LogP contribution is -2.34. The van der Waals surface area contributed by atoms with E-state index in [1.165, 1.54) is 0 Å². The van der Waals surface area contributed by atoms with E-state index in [2.05, 4.69) is 38.3 Å². The average Bonchev–Trinajstić information content (AvgIpc) is 3.14. The molecule has 2 atom stereocenters. The van der Waals surface area contributed by atoms with Gasteiger partial charge in [-0.3, -0.25) is 0 Å². The molecule has 112 valence electrons. The minimum Gasteiger partial charge on any atom is -0.339 e. The largest absolute Gasteiger partial charge is 0.339 e. The van der Waals surface area contributed by atoms with E-state index in [4.69, 9.17) is 4.52 Å². The SMILES string of the molecule is CCCNC1CSCC1c1nc(-c2ccccc2Br)no1. The molecule has 0 bridgehead atoms. The molecule has 21 heavy (non-hydrogen) atoms. The highest BCUT2D eigenvalue weighted by Gasteiger charge is 2.33. The van der Waals surface area contributed by atoms with Crippen LogP contribution >= 0.6 is 27.7 Å². The van der Waals surface area contributed by atoms with Crippen molar-refractivity contribution in [2.75, 3.05) is 18.1 Å². The highest BCUT2D eigenvalue weighted by atomic mass is 79.9. The zero-order chi connectivity index (χ0) is 14.7. The lowest BCUT2D eigenvalue weighted by Gasteiger charge is -2.16. The second-order valence-electron chi connectivity index (χ2n) is 5.14. The summed E-state index contributed by atoms with van der Waals surface area (Å²) in [5.41, 5.74) is 0.969. The van der Waals surface area contributed by atoms with E-state index in [-0.39, 0.29) is 0 Å². The Hall–Kier alpha value is -0.850. The van der Waals surface area contributed by atoms with Crippen molar-refractivity contribution >= 4 is 27.7 Å². The monoisotopic (exact) mass is 367 g/mol. The van der Waals surface area contributed by atoms with Crippen LogP contribution in [0.15, 0.2) is 33.3 Å². The second-order valence-corrected chi connectivity index (χ2v) is 7.07. The minimum absolute atomic E-state index is 0.310. The second kappa shape index (κ2) is 6.94. The molecule has 0 aliphatic carbocycles. The van der Waals surface area contributed by atoms with Crippen molar-refractivity contribution in [1.29, 1.82) is 0 Å². The molecule has 3 rings (SSSR count). The summed E-state index contributed by atoms with van der Waals surface area (Å²) in [7, 11) is 0. The summed E-state index contributed by atoms with van der Waals surface area (Å²) < 4.78 is 6.52. The summed E-state index contributed by atoms with van der Waals surface area (Å²) in [5, 5.41) is 7.74. The number of benzene rings is 1. The quantitative estimate of drug-likeness (QED) is 0.872. The Morgan fingerprint density at radius 2 is 2.24 bits per heavy atom. The average molecular weight is 368 g/mol. The van der Waals surface area contributed by atoms with E-state index in [1.54, 1.807) is 0 Å². The van der Waals surface area contributed by atoms with Crippen LogP contribution in [0.25, 0.3) is 11.4 Å². The maximum absolute atomic E-state index is 5.53. The number of hydrogen-bond donors (Lipinski definition) is 1. The number of hydrogen-bond acceptors (Lipinski definition) is 5. The number of rotatable bonds is 5. The summed E-state index contributed by atoms with van der Waals surface area (Å²) in [5.74, 6) is 3.87. The van der Waals surface area contributed by atoms with Gasteiger partial charge in [0.05, 0.1) is 5.92 Å². The van der Waals surface area contributed by atoms with Gasteiger partial charge < -0.3 is 9.84 Å². The molecule has 0 saturated carbocycles. The summed E-state index contributed by atoms with van der Waals surface area (Å²) >= 11 is 5.48. The van der Waals surface area contributed by atoms with Crippen molar-refractivity contribution < 1.29 is 4.52 Å². The van der Waals surface area contributed by atoms with Crippen LogP contribution in [0.2, 0.25) is 0 Å². The predicted octanol–water partition coefficient (Wildman–Crippen LogP) is 3.70. The first-order valence-electron chi connectivity index (χ1n) is 7.19. The van der Waals surface area contributed by atoms with Gasteiger partial charge in [0.15, 0.2) is 0 Å². The topological polar surface area (TPSA) is 51.0 Å². The number of aromatic nitrogens is 2. The fraction of sp³-hybridized carbons (Fsp3) is 0.467. The Labute approximate surface area is 137 Å². The first-order chi connectivity index (χ1) is 10.3. The Morgan fingerprint density at radius 3 is 3.05 bits per heavy atom. The fourth-order valence-corrected chi connectivity index (χ4v) is 4.30. The lowest BCUT2D eigenvalue weighted by molar-refractivity contribution is 0.339. The highest BCUT2D eigenvalue weighted by Crippen LogP contribution is 2.34. The van der Waals surface area contributed by atoms with Crippen LogP contribution in [-0.2, 0) is 0 Å². The van der Waals surface area contributed by atoms with Gasteiger partial charge in [0.2, 0.25) is 11.7 Å². The minimum atomic E-state index is 0.310. The zero-order valence-corrected chi connectivity index (χ0v) is 14.3. The van der Waals surface area contributed by atoms with Crippen molar-refractivity contribution in [2.24, 2.45) is 0 Å². The molecular formula is C15H18BrN3OS. The van der Waals surface area contributed by atoms with Crippen molar-refractivity contribution in [3.8, 4) is 11.4 Å². The van der Waals surface area contributed by atoms with Crippen molar-refractivity contribution in [2.45, 2.75) is 25.3 Å². The summed E-state index contributed by atoms with van der Waals surface area (Å²) in [4.78, 5) is 4.62. The lowest BCUT2D eigenvalue weighted by atomic mass is 10.0. The molecule has 1 aliphatic heterocycles. The third-order valence-corrected chi connectivity index (χ3v) is 5.49. The van der Waals surface area contributed by atoms with Crippen LogP contribution in [0.5, 0.6) is 0 Å². The van der Waals surface area contributed by atoms with Gasteiger partial charge in [-0.1, -0.05) is 40.1 Å². The van der Waals surface area contributed by atoms with Crippen LogP contribution in [0.3, 0.4) is 0 Å². The molecule has 1 aromatic carbocycles. The Balaban J connectivity index is 1.80. The van der Waals surface area contributed by atoms with E-state index < -0.39 is 0 Å². The predicted molar refractivity (Wildman–Crippen MR) is 89.6 cm³/mol. The molecular weight excluding hydrogens is 350 g/mol. The first-order valence-corrected chi connectivity index (χ1v) is 9.14. The summed E-state index contributed by atoms with van der Waals surface area (Å²) in [6.07, 6.45) is 1.14. The first kappa shape index (κ1) is 15.1. The van der Waals surface area contributed by atoms with Gasteiger partial charge >= 0.3 is 0 Å². The molecule has 6 heteroatoms. The molecule has 2 aromatic rings. The van der Waals surface area contributed by atoms with Gasteiger partial charge in [-0.25, -0.2) is 0 Å². The number of thioether (sulfide) groups is 1. The van der Waals surface area contributed by atoms with Crippen LogP contribution in [0.4, 0.5) is 0 Å². The maximum atomic E-state index is 5.53. The smallest absolute Gasteiger partial charge is 0.232 e. The standard InChI is InChI=1S/C15H18BrN3OS/c1-2-7-17-13-9-21-8-11(13)15-18-14(19-20-15)10-5-3-4-6-12(10)16/h3-6,11,13,17H,2,7-9H2,1H3. The molecule has 0 amide bonds. The third-order valence-electron chi connectivity index (χ3n) is 3.61. The van der Waals surface area contributed by atoms with Gasteiger partial charge in [0.25, 0.3) is 0 Å². The molecule has 1 N–H and O–H groups in total. The third kappa shape index (κ3) is 3.33. The van der Waals surface area contributed by atoms with E-state index in [1.807, 2.05) is 36.0 Å². The summed E-state index contributed by atoms with van der Waals surface area (Å²) in [6.45, 7) is 3.22. The van der Waals surface area contributed by atoms with Crippen molar-refractivity contribution in [1.82, 2.24) is 15.5 Å². The van der Waals surface area contributed by atoms with E-state index in [0.29, 0.717) is 17.8 Å². The van der Waals surface area contributed by atoms with E-state index >= 15 is 0 Å². The molecule has 0 spiro atoms. The normalized spacial score (nSPS) is 21.8. The van der Waals surface area contributed by atoms with E-state index in [0.717, 1.165) is 40.4 Å². The van der Waals surface area contributed by atoms with Crippen LogP contribution in [-0.4, -0.2) is 34.2 Å². The van der Waals surface area contributed by atoms with Gasteiger partial charge in [-0.05, 0) is 25.1 Å². The number of halogens is 1. The number of nitrogens with one attached hydrogen (secondary N) is 1. The van der Waals surface area contributed by atoms with Crippen LogP contribution in [0.1, 0.15) is 25.2 Å². The molecule has 1 saturated heterocycles. The molecule has 1 aromatic heterocycles. The van der Waals surface area contributed by atoms with E-state index in [9.17, 15) is 0 Å². The maximum Gasteiger partial charge on any atom is 0.232 e. The molecule has 1 fully saturated rings. The highest BCUT2D eigenvalue weighted by molar-refractivity contribution is 9.10. The Kier molecular flexibility index (Phi) is 4.98. The van der Waals surface area contributed by atoms with Gasteiger partial charge in [-0.2, -0.15) is 16.7 Å². The molecule has 0 radical (unpaired) electrons. The van der Waals surface area contributed by atoms with Gasteiger partial charge in [-0.15, -0.1) is 0 Å². The van der Waals surface area contributed by atoms with Crippen LogP contribution < -0.4 is 5.32 Å². The Bertz CT molecular complexity index is 604. The van der Waals surface area contributed by atoms with Gasteiger partial charge in [0.1, 0.15) is 0 Å². The molecule has 4 nitrogen and oxygen atoms in total. The molecule has 2 heterocycles.